The Bertz CT molecular complexity index is 372. The van der Waals surface area contributed by atoms with Gasteiger partial charge in [0.15, 0.2) is 0 Å². The summed E-state index contributed by atoms with van der Waals surface area (Å²) in [6.07, 6.45) is 6.08. The maximum Gasteiger partial charge on any atom is 0.239 e. The van der Waals surface area contributed by atoms with Gasteiger partial charge in [0.05, 0.1) is 0 Å². The Labute approximate surface area is 128 Å². The molecule has 5 nitrogen and oxygen atoms in total. The van der Waals surface area contributed by atoms with Gasteiger partial charge in [0.25, 0.3) is 0 Å². The van der Waals surface area contributed by atoms with Gasteiger partial charge in [-0.1, -0.05) is 6.92 Å². The number of rotatable bonds is 8. The van der Waals surface area contributed by atoms with Crippen LogP contribution in [0.3, 0.4) is 0 Å². The second kappa shape index (κ2) is 6.23. The minimum Gasteiger partial charge on any atom is -0.368 e. The first-order valence-electron chi connectivity index (χ1n) is 8.67. The van der Waals surface area contributed by atoms with Crippen molar-refractivity contribution in [2.75, 3.05) is 39.3 Å². The fraction of sp³-hybridized carbons (Fsp3) is 0.938. The fourth-order valence-corrected chi connectivity index (χ4v) is 3.70. The number of hydrogen-bond acceptors (Lipinski definition) is 4. The summed E-state index contributed by atoms with van der Waals surface area (Å²) in [7, 11) is 0. The molecule has 0 spiro atoms. The third kappa shape index (κ3) is 3.41. The van der Waals surface area contributed by atoms with Gasteiger partial charge in [-0.15, -0.1) is 0 Å². The Morgan fingerprint density at radius 1 is 1.19 bits per heavy atom. The van der Waals surface area contributed by atoms with Crippen LogP contribution in [0.4, 0.5) is 0 Å². The van der Waals surface area contributed by atoms with E-state index in [1.165, 1.54) is 12.8 Å². The Kier molecular flexibility index (Phi) is 4.52. The molecule has 2 saturated carbocycles. The van der Waals surface area contributed by atoms with E-state index in [1.807, 2.05) is 0 Å². The molecule has 1 saturated heterocycles. The molecular weight excluding hydrogens is 264 g/mol. The maximum atomic E-state index is 12.2. The number of nitrogens with two attached hydrogens (primary N) is 1. The van der Waals surface area contributed by atoms with Gasteiger partial charge < -0.3 is 11.1 Å². The first-order valence-corrected chi connectivity index (χ1v) is 8.67. The average Bonchev–Trinajstić information content (AvgIpc) is 3.36. The van der Waals surface area contributed by atoms with Gasteiger partial charge in [0.2, 0.25) is 5.91 Å². The molecule has 1 unspecified atom stereocenters. The van der Waals surface area contributed by atoms with Crippen molar-refractivity contribution in [3.63, 3.8) is 0 Å². The highest BCUT2D eigenvalue weighted by atomic mass is 16.1. The van der Waals surface area contributed by atoms with Crippen molar-refractivity contribution in [2.24, 2.45) is 11.7 Å². The summed E-state index contributed by atoms with van der Waals surface area (Å²) in [4.78, 5) is 17.2. The molecule has 0 aromatic rings. The number of hydrogen-bond donors (Lipinski definition) is 2. The molecule has 1 aliphatic heterocycles. The van der Waals surface area contributed by atoms with Crippen LogP contribution in [0.1, 0.15) is 39.0 Å². The average molecular weight is 294 g/mol. The van der Waals surface area contributed by atoms with Crippen molar-refractivity contribution >= 4 is 5.91 Å². The van der Waals surface area contributed by atoms with E-state index in [1.54, 1.807) is 0 Å². The second-order valence-corrected chi connectivity index (χ2v) is 7.08. The van der Waals surface area contributed by atoms with Gasteiger partial charge in [-0.25, -0.2) is 0 Å². The molecule has 120 valence electrons. The number of amides is 1. The van der Waals surface area contributed by atoms with Crippen LogP contribution < -0.4 is 11.1 Å². The number of piperazine rings is 1. The molecule has 1 amide bonds. The van der Waals surface area contributed by atoms with E-state index >= 15 is 0 Å². The molecule has 0 bridgehead atoms. The normalized spacial score (nSPS) is 27.5. The highest BCUT2D eigenvalue weighted by Gasteiger charge is 2.50. The van der Waals surface area contributed by atoms with Gasteiger partial charge in [-0.05, 0) is 44.6 Å². The number of carbonyl (C=O) groups excluding carboxylic acids is 1. The van der Waals surface area contributed by atoms with Crippen molar-refractivity contribution in [2.45, 2.75) is 50.6 Å². The molecule has 3 fully saturated rings. The van der Waals surface area contributed by atoms with E-state index in [0.29, 0.717) is 5.92 Å². The van der Waals surface area contributed by atoms with E-state index in [4.69, 9.17) is 5.73 Å². The number of nitrogens with zero attached hydrogens (tertiary/aromatic N) is 2. The molecule has 21 heavy (non-hydrogen) atoms. The quantitative estimate of drug-likeness (QED) is 0.680. The van der Waals surface area contributed by atoms with E-state index in [9.17, 15) is 4.79 Å². The minimum absolute atomic E-state index is 0.150. The lowest BCUT2D eigenvalue weighted by Crippen LogP contribution is -2.65. The Morgan fingerprint density at radius 3 is 2.33 bits per heavy atom. The minimum atomic E-state index is -0.488. The molecule has 3 aliphatic rings. The summed E-state index contributed by atoms with van der Waals surface area (Å²) >= 11 is 0. The van der Waals surface area contributed by atoms with Crippen molar-refractivity contribution < 1.29 is 4.79 Å². The first kappa shape index (κ1) is 15.3. The van der Waals surface area contributed by atoms with Gasteiger partial charge in [0.1, 0.15) is 5.54 Å². The second-order valence-electron chi connectivity index (χ2n) is 7.08. The van der Waals surface area contributed by atoms with Crippen molar-refractivity contribution in [3.8, 4) is 0 Å². The van der Waals surface area contributed by atoms with Crippen LogP contribution in [0, 0.1) is 5.92 Å². The van der Waals surface area contributed by atoms with Gasteiger partial charge >= 0.3 is 0 Å². The zero-order valence-corrected chi connectivity index (χ0v) is 13.3. The van der Waals surface area contributed by atoms with Crippen LogP contribution in [0.5, 0.6) is 0 Å². The Hall–Kier alpha value is -0.650. The molecule has 5 heteroatoms. The molecule has 0 radical (unpaired) electrons. The zero-order valence-electron chi connectivity index (χ0n) is 13.3. The lowest BCUT2D eigenvalue weighted by Gasteiger charge is -2.41. The third-order valence-electron chi connectivity index (χ3n) is 5.35. The highest BCUT2D eigenvalue weighted by Crippen LogP contribution is 2.40. The van der Waals surface area contributed by atoms with Crippen molar-refractivity contribution in [1.82, 2.24) is 15.1 Å². The summed E-state index contributed by atoms with van der Waals surface area (Å²) in [5.41, 5.74) is 5.33. The van der Waals surface area contributed by atoms with E-state index in [0.717, 1.165) is 64.6 Å². The van der Waals surface area contributed by atoms with Gasteiger partial charge in [0, 0.05) is 38.8 Å². The van der Waals surface area contributed by atoms with Crippen LogP contribution in [0.2, 0.25) is 0 Å². The Morgan fingerprint density at radius 2 is 1.86 bits per heavy atom. The summed E-state index contributed by atoms with van der Waals surface area (Å²) < 4.78 is 0. The lowest BCUT2D eigenvalue weighted by molar-refractivity contribution is -0.126. The van der Waals surface area contributed by atoms with Crippen LogP contribution in [-0.4, -0.2) is 66.6 Å². The molecule has 3 rings (SSSR count). The Balaban J connectivity index is 1.59. The standard InChI is InChI=1S/C16H30N4O/c1-2-7-18-16(15(17)21,13-3-4-13)12-19-8-10-20(11-9-19)14-5-6-14/h13-14,18H,2-12H2,1H3,(H2,17,21). The summed E-state index contributed by atoms with van der Waals surface area (Å²) in [5, 5.41) is 3.51. The third-order valence-corrected chi connectivity index (χ3v) is 5.35. The van der Waals surface area contributed by atoms with E-state index in [2.05, 4.69) is 22.0 Å². The topological polar surface area (TPSA) is 61.6 Å². The molecular formula is C16H30N4O. The number of carbonyl (C=O) groups is 1. The van der Waals surface area contributed by atoms with Crippen LogP contribution >= 0.6 is 0 Å². The fourth-order valence-electron chi connectivity index (χ4n) is 3.70. The molecule has 3 N–H and O–H groups in total. The van der Waals surface area contributed by atoms with Crippen molar-refractivity contribution in [1.29, 1.82) is 0 Å². The SMILES string of the molecule is CCCNC(CN1CCN(C2CC2)CC1)(C(N)=O)C1CC1. The molecule has 0 aromatic carbocycles. The van der Waals surface area contributed by atoms with Gasteiger partial charge in [-0.3, -0.25) is 14.6 Å². The number of primary amides is 1. The van der Waals surface area contributed by atoms with Crippen LogP contribution in [0.25, 0.3) is 0 Å². The highest BCUT2D eigenvalue weighted by molar-refractivity contribution is 5.86. The van der Waals surface area contributed by atoms with Crippen LogP contribution in [0.15, 0.2) is 0 Å². The predicted octanol–water partition coefficient (Wildman–Crippen LogP) is 0.400. The number of nitrogens with one attached hydrogen (secondary N) is 1. The molecule has 1 atom stereocenters. The smallest absolute Gasteiger partial charge is 0.239 e. The van der Waals surface area contributed by atoms with E-state index in [-0.39, 0.29) is 5.91 Å². The molecule has 2 aliphatic carbocycles. The van der Waals surface area contributed by atoms with Crippen LogP contribution in [-0.2, 0) is 4.79 Å². The first-order chi connectivity index (χ1) is 10.2. The largest absolute Gasteiger partial charge is 0.368 e. The molecule has 1 heterocycles. The predicted molar refractivity (Wildman–Crippen MR) is 84.0 cm³/mol. The maximum absolute atomic E-state index is 12.2. The summed E-state index contributed by atoms with van der Waals surface area (Å²) in [6, 6.07) is 0.856. The zero-order chi connectivity index (χ0) is 14.9. The van der Waals surface area contributed by atoms with E-state index < -0.39 is 5.54 Å². The summed E-state index contributed by atoms with van der Waals surface area (Å²) in [6.45, 7) is 8.26. The summed E-state index contributed by atoms with van der Waals surface area (Å²) in [5.74, 6) is 0.297. The molecule has 0 aromatic heterocycles. The van der Waals surface area contributed by atoms with Gasteiger partial charge in [-0.2, -0.15) is 0 Å². The lowest BCUT2D eigenvalue weighted by atomic mass is 9.90. The monoisotopic (exact) mass is 294 g/mol. The van der Waals surface area contributed by atoms with Crippen molar-refractivity contribution in [3.05, 3.63) is 0 Å².